The number of hydrogen-bond acceptors (Lipinski definition) is 4. The molecule has 1 amide bonds. The van der Waals surface area contributed by atoms with E-state index in [2.05, 4.69) is 5.32 Å². The van der Waals surface area contributed by atoms with Crippen molar-refractivity contribution in [3.05, 3.63) is 52.5 Å². The molecule has 0 aromatic heterocycles. The molecule has 2 aromatic rings. The number of sulfone groups is 1. The summed E-state index contributed by atoms with van der Waals surface area (Å²) >= 11 is 11.8. The molecule has 0 spiro atoms. The lowest BCUT2D eigenvalue weighted by Gasteiger charge is -2.15. The van der Waals surface area contributed by atoms with E-state index in [1.165, 1.54) is 30.3 Å². The van der Waals surface area contributed by atoms with Crippen molar-refractivity contribution in [2.24, 2.45) is 0 Å². The highest BCUT2D eigenvalue weighted by Gasteiger charge is 2.16. The minimum atomic E-state index is -3.27. The summed E-state index contributed by atoms with van der Waals surface area (Å²) in [5.41, 5.74) is 0.425. The molecule has 0 saturated carbocycles. The standard InChI is InChI=1S/C16H15Cl2NO4S/c1-10(16(20)19-15-8-3-11(17)9-14(15)18)23-12-4-6-13(7-5-12)24(2,21)22/h3-10H,1-2H3,(H,19,20). The second-order valence-corrected chi connectivity index (χ2v) is 7.98. The lowest BCUT2D eigenvalue weighted by atomic mass is 10.3. The summed E-state index contributed by atoms with van der Waals surface area (Å²) in [5, 5.41) is 3.43. The summed E-state index contributed by atoms with van der Waals surface area (Å²) in [6, 6.07) is 10.6. The van der Waals surface area contributed by atoms with Gasteiger partial charge in [-0.25, -0.2) is 8.42 Å². The fraction of sp³-hybridized carbons (Fsp3) is 0.188. The van der Waals surface area contributed by atoms with Gasteiger partial charge in [-0.15, -0.1) is 0 Å². The highest BCUT2D eigenvalue weighted by Crippen LogP contribution is 2.25. The maximum absolute atomic E-state index is 12.2. The first kappa shape index (κ1) is 18.6. The molecule has 8 heteroatoms. The Morgan fingerprint density at radius 2 is 1.75 bits per heavy atom. The molecule has 0 heterocycles. The smallest absolute Gasteiger partial charge is 0.265 e. The average Bonchev–Trinajstić information content (AvgIpc) is 2.49. The van der Waals surface area contributed by atoms with Crippen LogP contribution in [0.5, 0.6) is 5.75 Å². The predicted octanol–water partition coefficient (Wildman–Crippen LogP) is 3.80. The number of benzene rings is 2. The molecule has 0 aliphatic rings. The molecule has 5 nitrogen and oxygen atoms in total. The quantitative estimate of drug-likeness (QED) is 0.846. The molecule has 0 fully saturated rings. The van der Waals surface area contributed by atoms with Crippen molar-refractivity contribution in [1.29, 1.82) is 0 Å². The zero-order valence-corrected chi connectivity index (χ0v) is 15.2. The van der Waals surface area contributed by atoms with Gasteiger partial charge in [0.2, 0.25) is 0 Å². The van der Waals surface area contributed by atoms with E-state index in [4.69, 9.17) is 27.9 Å². The Labute approximate surface area is 150 Å². The summed E-state index contributed by atoms with van der Waals surface area (Å²) in [7, 11) is -3.27. The van der Waals surface area contributed by atoms with Crippen molar-refractivity contribution in [3.8, 4) is 5.75 Å². The van der Waals surface area contributed by atoms with Gasteiger partial charge in [0.1, 0.15) is 5.75 Å². The number of anilines is 1. The molecule has 0 radical (unpaired) electrons. The van der Waals surface area contributed by atoms with E-state index in [1.807, 2.05) is 0 Å². The van der Waals surface area contributed by atoms with Gasteiger partial charge in [-0.3, -0.25) is 4.79 Å². The highest BCUT2D eigenvalue weighted by atomic mass is 35.5. The van der Waals surface area contributed by atoms with E-state index in [0.717, 1.165) is 6.26 Å². The Hall–Kier alpha value is -1.76. The highest BCUT2D eigenvalue weighted by molar-refractivity contribution is 7.90. The number of carbonyl (C=O) groups is 1. The van der Waals surface area contributed by atoms with Crippen LogP contribution < -0.4 is 10.1 Å². The van der Waals surface area contributed by atoms with Crippen molar-refractivity contribution >= 4 is 44.6 Å². The molecule has 2 aromatic carbocycles. The fourth-order valence-electron chi connectivity index (χ4n) is 1.85. The summed E-state index contributed by atoms with van der Waals surface area (Å²) in [6.07, 6.45) is 0.315. The minimum Gasteiger partial charge on any atom is -0.481 e. The van der Waals surface area contributed by atoms with Gasteiger partial charge in [0, 0.05) is 11.3 Å². The van der Waals surface area contributed by atoms with E-state index in [-0.39, 0.29) is 4.90 Å². The zero-order chi connectivity index (χ0) is 17.9. The zero-order valence-electron chi connectivity index (χ0n) is 12.9. The van der Waals surface area contributed by atoms with Crippen LogP contribution in [0.15, 0.2) is 47.4 Å². The van der Waals surface area contributed by atoms with E-state index in [0.29, 0.717) is 21.5 Å². The molecular weight excluding hydrogens is 373 g/mol. The molecule has 1 atom stereocenters. The van der Waals surface area contributed by atoms with Gasteiger partial charge in [0.05, 0.1) is 15.6 Å². The van der Waals surface area contributed by atoms with Gasteiger partial charge in [0.25, 0.3) is 5.91 Å². The number of halogens is 2. The van der Waals surface area contributed by atoms with Crippen molar-refractivity contribution in [1.82, 2.24) is 0 Å². The summed E-state index contributed by atoms with van der Waals surface area (Å²) in [6.45, 7) is 1.57. The van der Waals surface area contributed by atoms with E-state index in [1.54, 1.807) is 19.1 Å². The van der Waals surface area contributed by atoms with Crippen molar-refractivity contribution in [2.45, 2.75) is 17.9 Å². The van der Waals surface area contributed by atoms with Gasteiger partial charge in [0.15, 0.2) is 15.9 Å². The molecule has 0 saturated heterocycles. The third kappa shape index (κ3) is 4.87. The summed E-state index contributed by atoms with van der Waals surface area (Å²) in [5.74, 6) is -0.0151. The first-order chi connectivity index (χ1) is 11.2. The molecule has 128 valence electrons. The van der Waals surface area contributed by atoms with Crippen LogP contribution in [0.25, 0.3) is 0 Å². The Kier molecular flexibility index (Phi) is 5.74. The largest absolute Gasteiger partial charge is 0.481 e. The van der Waals surface area contributed by atoms with Crippen molar-refractivity contribution in [2.75, 3.05) is 11.6 Å². The number of carbonyl (C=O) groups excluding carboxylic acids is 1. The van der Waals surface area contributed by atoms with Crippen molar-refractivity contribution < 1.29 is 17.9 Å². The molecule has 0 bridgehead atoms. The number of amides is 1. The van der Waals surface area contributed by atoms with Gasteiger partial charge < -0.3 is 10.1 Å². The molecule has 24 heavy (non-hydrogen) atoms. The van der Waals surface area contributed by atoms with Gasteiger partial charge in [-0.05, 0) is 49.4 Å². The van der Waals surface area contributed by atoms with Crippen LogP contribution in [0.4, 0.5) is 5.69 Å². The Bertz CT molecular complexity index is 851. The van der Waals surface area contributed by atoms with Crippen molar-refractivity contribution in [3.63, 3.8) is 0 Å². The van der Waals surface area contributed by atoms with Crippen LogP contribution in [0, 0.1) is 0 Å². The Morgan fingerprint density at radius 3 is 2.29 bits per heavy atom. The van der Waals surface area contributed by atoms with Crippen LogP contribution in [0.3, 0.4) is 0 Å². The maximum Gasteiger partial charge on any atom is 0.265 e. The first-order valence-electron chi connectivity index (χ1n) is 6.89. The first-order valence-corrected chi connectivity index (χ1v) is 9.54. The monoisotopic (exact) mass is 387 g/mol. The average molecular weight is 388 g/mol. The summed E-state index contributed by atoms with van der Waals surface area (Å²) < 4.78 is 28.3. The van der Waals surface area contributed by atoms with Gasteiger partial charge >= 0.3 is 0 Å². The second kappa shape index (κ2) is 7.42. The molecule has 1 unspecified atom stereocenters. The Morgan fingerprint density at radius 1 is 1.12 bits per heavy atom. The van der Waals surface area contributed by atoms with E-state index >= 15 is 0 Å². The molecule has 0 aliphatic carbocycles. The van der Waals surface area contributed by atoms with Crippen LogP contribution in [0.1, 0.15) is 6.92 Å². The maximum atomic E-state index is 12.2. The van der Waals surface area contributed by atoms with Crippen LogP contribution in [-0.2, 0) is 14.6 Å². The van der Waals surface area contributed by atoms with Crippen LogP contribution in [-0.4, -0.2) is 26.7 Å². The lowest BCUT2D eigenvalue weighted by molar-refractivity contribution is -0.122. The normalized spacial score (nSPS) is 12.5. The third-order valence-corrected chi connectivity index (χ3v) is 4.80. The van der Waals surface area contributed by atoms with Gasteiger partial charge in [-0.1, -0.05) is 23.2 Å². The number of rotatable bonds is 5. The molecule has 2 rings (SSSR count). The summed E-state index contributed by atoms with van der Waals surface area (Å²) in [4.78, 5) is 12.3. The van der Waals surface area contributed by atoms with E-state index in [9.17, 15) is 13.2 Å². The van der Waals surface area contributed by atoms with Crippen LogP contribution in [0.2, 0.25) is 10.0 Å². The Balaban J connectivity index is 2.03. The second-order valence-electron chi connectivity index (χ2n) is 5.12. The fourth-order valence-corrected chi connectivity index (χ4v) is 2.93. The SMILES string of the molecule is CC(Oc1ccc(S(C)(=O)=O)cc1)C(=O)Nc1ccc(Cl)cc1Cl. The molecule has 1 N–H and O–H groups in total. The van der Waals surface area contributed by atoms with E-state index < -0.39 is 21.8 Å². The van der Waals surface area contributed by atoms with Gasteiger partial charge in [-0.2, -0.15) is 0 Å². The minimum absolute atomic E-state index is 0.180. The third-order valence-electron chi connectivity index (χ3n) is 3.12. The predicted molar refractivity (Wildman–Crippen MR) is 94.7 cm³/mol. The number of ether oxygens (including phenoxy) is 1. The topological polar surface area (TPSA) is 72.5 Å². The molecular formula is C16H15Cl2NO4S. The van der Waals surface area contributed by atoms with Crippen LogP contribution >= 0.6 is 23.2 Å². The number of nitrogens with one attached hydrogen (secondary N) is 1. The lowest BCUT2D eigenvalue weighted by Crippen LogP contribution is -2.30. The number of hydrogen-bond donors (Lipinski definition) is 1. The molecule has 0 aliphatic heterocycles.